The molecule has 0 bridgehead atoms. The minimum Gasteiger partial charge on any atom is -0.339 e. The molecule has 1 N–H and O–H groups in total. The lowest BCUT2D eigenvalue weighted by molar-refractivity contribution is -0.136. The monoisotopic (exact) mass is 224 g/mol. The van der Waals surface area contributed by atoms with Gasteiger partial charge in [0.25, 0.3) is 0 Å². The summed E-state index contributed by atoms with van der Waals surface area (Å²) in [4.78, 5) is 14.5. The van der Waals surface area contributed by atoms with E-state index < -0.39 is 0 Å². The van der Waals surface area contributed by atoms with Gasteiger partial charge in [-0.05, 0) is 38.6 Å². The van der Waals surface area contributed by atoms with Gasteiger partial charge in [-0.15, -0.1) is 0 Å². The third-order valence-corrected chi connectivity index (χ3v) is 3.67. The van der Waals surface area contributed by atoms with Crippen molar-refractivity contribution in [3.8, 4) is 0 Å². The van der Waals surface area contributed by atoms with Crippen molar-refractivity contribution in [2.24, 2.45) is 5.92 Å². The van der Waals surface area contributed by atoms with Gasteiger partial charge in [0.2, 0.25) is 5.91 Å². The summed E-state index contributed by atoms with van der Waals surface area (Å²) < 4.78 is 0. The quantitative estimate of drug-likeness (QED) is 0.772. The van der Waals surface area contributed by atoms with Crippen molar-refractivity contribution < 1.29 is 4.79 Å². The van der Waals surface area contributed by atoms with Crippen molar-refractivity contribution in [2.45, 2.75) is 51.5 Å². The van der Waals surface area contributed by atoms with Gasteiger partial charge >= 0.3 is 0 Å². The van der Waals surface area contributed by atoms with Crippen molar-refractivity contribution in [2.75, 3.05) is 19.6 Å². The highest BCUT2D eigenvalue weighted by Gasteiger charge is 2.35. The lowest BCUT2D eigenvalue weighted by atomic mass is 9.98. The highest BCUT2D eigenvalue weighted by atomic mass is 16.2. The zero-order valence-electron chi connectivity index (χ0n) is 10.4. The van der Waals surface area contributed by atoms with E-state index in [1.807, 2.05) is 0 Å². The fourth-order valence-corrected chi connectivity index (χ4v) is 2.48. The molecule has 1 amide bonds. The Morgan fingerprint density at radius 3 is 2.75 bits per heavy atom. The molecule has 1 aliphatic heterocycles. The molecule has 0 spiro atoms. The Labute approximate surface area is 98.6 Å². The second kappa shape index (κ2) is 5.67. The topological polar surface area (TPSA) is 32.3 Å². The van der Waals surface area contributed by atoms with E-state index in [1.54, 1.807) is 0 Å². The van der Waals surface area contributed by atoms with Crippen LogP contribution in [0.25, 0.3) is 0 Å². The summed E-state index contributed by atoms with van der Waals surface area (Å²) in [7, 11) is 0. The molecule has 3 nitrogen and oxygen atoms in total. The summed E-state index contributed by atoms with van der Waals surface area (Å²) in [6, 6.07) is 0.584. The maximum atomic E-state index is 12.4. The van der Waals surface area contributed by atoms with Gasteiger partial charge in [0, 0.05) is 19.1 Å². The van der Waals surface area contributed by atoms with Crippen LogP contribution in [0.3, 0.4) is 0 Å². The van der Waals surface area contributed by atoms with Crippen LogP contribution in [0.1, 0.15) is 45.4 Å². The molecule has 2 rings (SSSR count). The minimum absolute atomic E-state index is 0.256. The molecule has 1 aliphatic carbocycles. The van der Waals surface area contributed by atoms with Crippen molar-refractivity contribution in [1.29, 1.82) is 0 Å². The van der Waals surface area contributed by atoms with Crippen LogP contribution in [0.15, 0.2) is 0 Å². The molecule has 1 unspecified atom stereocenters. The molecular formula is C13H24N2O. The molecule has 2 aliphatic rings. The zero-order valence-corrected chi connectivity index (χ0v) is 10.4. The Bertz CT molecular complexity index is 232. The molecule has 3 heteroatoms. The van der Waals surface area contributed by atoms with Crippen molar-refractivity contribution in [3.63, 3.8) is 0 Å². The van der Waals surface area contributed by atoms with E-state index in [-0.39, 0.29) is 5.92 Å². The first-order chi connectivity index (χ1) is 7.83. The van der Waals surface area contributed by atoms with Gasteiger partial charge in [0.1, 0.15) is 0 Å². The first kappa shape index (κ1) is 11.9. The van der Waals surface area contributed by atoms with E-state index in [0.29, 0.717) is 11.9 Å². The Hall–Kier alpha value is -0.570. The van der Waals surface area contributed by atoms with Crippen LogP contribution in [-0.4, -0.2) is 36.5 Å². The number of unbranched alkanes of at least 4 members (excludes halogenated alkanes) is 1. The van der Waals surface area contributed by atoms with E-state index in [9.17, 15) is 4.79 Å². The molecule has 0 aromatic carbocycles. The smallest absolute Gasteiger partial charge is 0.227 e. The lowest BCUT2D eigenvalue weighted by Crippen LogP contribution is -2.44. The summed E-state index contributed by atoms with van der Waals surface area (Å²) in [5, 5.41) is 3.34. The number of rotatable bonds is 5. The summed E-state index contributed by atoms with van der Waals surface area (Å²) in [5.74, 6) is 0.675. The van der Waals surface area contributed by atoms with Crippen LogP contribution in [0.2, 0.25) is 0 Å². The van der Waals surface area contributed by atoms with Crippen molar-refractivity contribution >= 4 is 5.91 Å². The van der Waals surface area contributed by atoms with Gasteiger partial charge in [-0.2, -0.15) is 0 Å². The highest BCUT2D eigenvalue weighted by Crippen LogP contribution is 2.29. The Morgan fingerprint density at radius 2 is 2.19 bits per heavy atom. The minimum atomic E-state index is 0.256. The molecule has 0 radical (unpaired) electrons. The van der Waals surface area contributed by atoms with Gasteiger partial charge < -0.3 is 10.2 Å². The number of nitrogens with zero attached hydrogens (tertiary/aromatic N) is 1. The molecule has 2 fully saturated rings. The van der Waals surface area contributed by atoms with E-state index >= 15 is 0 Å². The number of hydrogen-bond acceptors (Lipinski definition) is 2. The van der Waals surface area contributed by atoms with Crippen LogP contribution in [-0.2, 0) is 4.79 Å². The summed E-state index contributed by atoms with van der Waals surface area (Å²) in [6.45, 7) is 5.16. The third-order valence-electron chi connectivity index (χ3n) is 3.67. The maximum absolute atomic E-state index is 12.4. The fraction of sp³-hybridized carbons (Fsp3) is 0.923. The van der Waals surface area contributed by atoms with Gasteiger partial charge in [0.05, 0.1) is 5.92 Å². The Kier molecular flexibility index (Phi) is 4.22. The molecule has 1 saturated heterocycles. The second-order valence-corrected chi connectivity index (χ2v) is 5.16. The Morgan fingerprint density at radius 1 is 1.38 bits per heavy atom. The van der Waals surface area contributed by atoms with Gasteiger partial charge in [-0.25, -0.2) is 0 Å². The summed E-state index contributed by atoms with van der Waals surface area (Å²) in [6.07, 6.45) is 7.04. The molecule has 92 valence electrons. The number of carbonyl (C=O) groups is 1. The van der Waals surface area contributed by atoms with Crippen LogP contribution >= 0.6 is 0 Å². The lowest BCUT2D eigenvalue weighted by Gasteiger charge is -2.29. The first-order valence-corrected chi connectivity index (χ1v) is 6.84. The third kappa shape index (κ3) is 2.97. The summed E-state index contributed by atoms with van der Waals surface area (Å²) in [5.41, 5.74) is 0. The number of hydrogen-bond donors (Lipinski definition) is 1. The van der Waals surface area contributed by atoms with E-state index in [1.165, 1.54) is 19.3 Å². The molecule has 1 heterocycles. The highest BCUT2D eigenvalue weighted by molar-refractivity contribution is 5.79. The van der Waals surface area contributed by atoms with E-state index in [2.05, 4.69) is 17.1 Å². The van der Waals surface area contributed by atoms with Gasteiger partial charge in [-0.3, -0.25) is 4.79 Å². The molecule has 16 heavy (non-hydrogen) atoms. The summed E-state index contributed by atoms with van der Waals surface area (Å²) >= 11 is 0. The number of carbonyl (C=O) groups excluding carboxylic acids is 1. The zero-order chi connectivity index (χ0) is 11.4. The van der Waals surface area contributed by atoms with Crippen molar-refractivity contribution in [1.82, 2.24) is 10.2 Å². The predicted octanol–water partition coefficient (Wildman–Crippen LogP) is 1.78. The van der Waals surface area contributed by atoms with E-state index in [0.717, 1.165) is 38.9 Å². The van der Waals surface area contributed by atoms with Crippen LogP contribution in [0, 0.1) is 5.92 Å². The maximum Gasteiger partial charge on any atom is 0.227 e. The standard InChI is InChI=1S/C13H24N2O/c1-2-3-9-15(12-6-7-12)13(16)11-5-4-8-14-10-11/h11-12,14H,2-10H2,1H3. The van der Waals surface area contributed by atoms with E-state index in [4.69, 9.17) is 0 Å². The number of piperidine rings is 1. The normalized spacial score (nSPS) is 25.4. The van der Waals surface area contributed by atoms with Crippen LogP contribution in [0.5, 0.6) is 0 Å². The molecular weight excluding hydrogens is 200 g/mol. The number of nitrogens with one attached hydrogen (secondary N) is 1. The number of amides is 1. The molecule has 1 atom stereocenters. The fourth-order valence-electron chi connectivity index (χ4n) is 2.48. The molecule has 0 aromatic rings. The van der Waals surface area contributed by atoms with Crippen LogP contribution < -0.4 is 5.32 Å². The second-order valence-electron chi connectivity index (χ2n) is 5.16. The predicted molar refractivity (Wildman–Crippen MR) is 65.2 cm³/mol. The largest absolute Gasteiger partial charge is 0.339 e. The SMILES string of the molecule is CCCCN(C(=O)C1CCCNC1)C1CC1. The molecule has 0 aromatic heterocycles. The van der Waals surface area contributed by atoms with Crippen molar-refractivity contribution in [3.05, 3.63) is 0 Å². The van der Waals surface area contributed by atoms with Gasteiger partial charge in [-0.1, -0.05) is 13.3 Å². The van der Waals surface area contributed by atoms with Gasteiger partial charge in [0.15, 0.2) is 0 Å². The first-order valence-electron chi connectivity index (χ1n) is 6.84. The average molecular weight is 224 g/mol. The molecule has 1 saturated carbocycles. The Balaban J connectivity index is 1.87. The van der Waals surface area contributed by atoms with Crippen LogP contribution in [0.4, 0.5) is 0 Å². The average Bonchev–Trinajstić information content (AvgIpc) is 3.15.